The van der Waals surface area contributed by atoms with Crippen LogP contribution in [-0.2, 0) is 17.1 Å². The molecule has 3 aromatic rings. The molecular weight excluding hydrogens is 410 g/mol. The summed E-state index contributed by atoms with van der Waals surface area (Å²) in [5, 5.41) is 0.527. The zero-order valence-corrected chi connectivity index (χ0v) is 20.0. The summed E-state index contributed by atoms with van der Waals surface area (Å²) in [6.45, 7) is 9.86. The van der Waals surface area contributed by atoms with E-state index < -0.39 is 16.1 Å². The number of fused-ring (bicyclic) bond motifs is 1. The molecule has 1 atom stereocenters. The lowest BCUT2D eigenvalue weighted by Crippen LogP contribution is -2.39. The van der Waals surface area contributed by atoms with Crippen molar-refractivity contribution in [2.24, 2.45) is 7.05 Å². The second-order valence-corrected chi connectivity index (χ2v) is 9.95. The van der Waals surface area contributed by atoms with E-state index in [0.29, 0.717) is 41.0 Å². The van der Waals surface area contributed by atoms with Gasteiger partial charge in [-0.15, -0.1) is 0 Å². The third-order valence-corrected chi connectivity index (χ3v) is 7.88. The molecule has 0 bridgehead atoms. The van der Waals surface area contributed by atoms with Crippen LogP contribution in [0.5, 0.6) is 0 Å². The van der Waals surface area contributed by atoms with E-state index in [1.54, 1.807) is 25.2 Å². The predicted octanol–water partition coefficient (Wildman–Crippen LogP) is 4.41. The molecule has 1 unspecified atom stereocenters. The molecule has 0 fully saturated rings. The first-order chi connectivity index (χ1) is 14.6. The molecule has 0 saturated carbocycles. The van der Waals surface area contributed by atoms with Gasteiger partial charge in [0.2, 0.25) is 10.0 Å². The average molecular weight is 442 g/mol. The number of hydrogen-bond acceptors (Lipinski definition) is 4. The smallest absolute Gasteiger partial charge is 0.261 e. The Morgan fingerprint density at radius 1 is 1.06 bits per heavy atom. The number of aromatic nitrogens is 2. The summed E-state index contributed by atoms with van der Waals surface area (Å²) >= 11 is 0. The summed E-state index contributed by atoms with van der Waals surface area (Å²) in [7, 11) is -2.14. The maximum Gasteiger partial charge on any atom is 0.261 e. The third kappa shape index (κ3) is 4.16. The van der Waals surface area contributed by atoms with Crippen molar-refractivity contribution in [1.82, 2.24) is 13.9 Å². The van der Waals surface area contributed by atoms with Crippen LogP contribution in [0.4, 0.5) is 0 Å². The van der Waals surface area contributed by atoms with E-state index in [1.807, 2.05) is 52.8 Å². The van der Waals surface area contributed by atoms with Gasteiger partial charge in [0.25, 0.3) is 5.56 Å². The predicted molar refractivity (Wildman–Crippen MR) is 125 cm³/mol. The van der Waals surface area contributed by atoms with Crippen molar-refractivity contribution >= 4 is 20.9 Å². The molecule has 3 rings (SSSR count). The first-order valence-electron chi connectivity index (χ1n) is 10.7. The lowest BCUT2D eigenvalue weighted by Gasteiger charge is -2.31. The number of para-hydroxylation sites is 1. The molecule has 0 aliphatic heterocycles. The Hall–Kier alpha value is -2.51. The quantitative estimate of drug-likeness (QED) is 0.544. The molecule has 0 spiro atoms. The number of rotatable bonds is 7. The molecule has 0 saturated heterocycles. The molecule has 31 heavy (non-hydrogen) atoms. The highest BCUT2D eigenvalue weighted by molar-refractivity contribution is 7.89. The monoisotopic (exact) mass is 441 g/mol. The van der Waals surface area contributed by atoms with Gasteiger partial charge in [-0.3, -0.25) is 9.36 Å². The fourth-order valence-corrected chi connectivity index (χ4v) is 6.57. The van der Waals surface area contributed by atoms with Crippen LogP contribution in [0.25, 0.3) is 10.9 Å². The van der Waals surface area contributed by atoms with Gasteiger partial charge < -0.3 is 0 Å². The average Bonchev–Trinajstić information content (AvgIpc) is 2.70. The molecule has 6 nitrogen and oxygen atoms in total. The first kappa shape index (κ1) is 23.2. The third-order valence-electron chi connectivity index (χ3n) is 5.67. The van der Waals surface area contributed by atoms with Crippen LogP contribution in [-0.4, -0.2) is 28.8 Å². The number of sulfonamides is 1. The fraction of sp³-hybridized carbons (Fsp3) is 0.417. The van der Waals surface area contributed by atoms with Crippen LogP contribution in [0.15, 0.2) is 46.1 Å². The summed E-state index contributed by atoms with van der Waals surface area (Å²) in [6, 6.07) is 10.4. The van der Waals surface area contributed by atoms with Gasteiger partial charge in [0.05, 0.1) is 21.8 Å². The van der Waals surface area contributed by atoms with Crippen molar-refractivity contribution in [3.8, 4) is 0 Å². The van der Waals surface area contributed by atoms with Gasteiger partial charge >= 0.3 is 0 Å². The molecule has 2 aromatic carbocycles. The minimum atomic E-state index is -3.81. The van der Waals surface area contributed by atoms with Gasteiger partial charge in [0, 0.05) is 13.6 Å². The van der Waals surface area contributed by atoms with E-state index >= 15 is 0 Å². The second kappa shape index (κ2) is 8.93. The topological polar surface area (TPSA) is 72.3 Å². The van der Waals surface area contributed by atoms with Crippen LogP contribution in [0.2, 0.25) is 0 Å². The van der Waals surface area contributed by atoms with Gasteiger partial charge in [0.1, 0.15) is 5.82 Å². The van der Waals surface area contributed by atoms with E-state index in [9.17, 15) is 13.2 Å². The summed E-state index contributed by atoms with van der Waals surface area (Å²) in [5.74, 6) is 0.464. The highest BCUT2D eigenvalue weighted by atomic mass is 32.2. The van der Waals surface area contributed by atoms with E-state index in [1.165, 1.54) is 8.87 Å². The number of nitrogens with zero attached hydrogens (tertiary/aromatic N) is 3. The fourth-order valence-electron chi connectivity index (χ4n) is 4.40. The van der Waals surface area contributed by atoms with Crippen molar-refractivity contribution in [2.45, 2.75) is 58.4 Å². The highest BCUT2D eigenvalue weighted by Gasteiger charge is 2.35. The number of aryl methyl sites for hydroxylation is 3. The minimum absolute atomic E-state index is 0.171. The van der Waals surface area contributed by atoms with Crippen molar-refractivity contribution in [2.75, 3.05) is 6.54 Å². The van der Waals surface area contributed by atoms with Crippen LogP contribution in [0, 0.1) is 20.8 Å². The van der Waals surface area contributed by atoms with Crippen molar-refractivity contribution < 1.29 is 8.42 Å². The van der Waals surface area contributed by atoms with E-state index in [0.717, 1.165) is 16.7 Å². The summed E-state index contributed by atoms with van der Waals surface area (Å²) in [6.07, 6.45) is 1.16. The van der Waals surface area contributed by atoms with Gasteiger partial charge in [-0.2, -0.15) is 4.31 Å². The molecule has 0 radical (unpaired) electrons. The second-order valence-electron chi connectivity index (χ2n) is 8.12. The van der Waals surface area contributed by atoms with Crippen LogP contribution in [0.3, 0.4) is 0 Å². The lowest BCUT2D eigenvalue weighted by molar-refractivity contribution is 0.298. The summed E-state index contributed by atoms with van der Waals surface area (Å²) in [5.41, 5.74) is 2.90. The standard InChI is InChI=1S/C24H31N3O3S/c1-7-13-27(31(29,30)22-17(4)14-16(3)15-18(22)5)21(8-2)23-25-20-12-10-9-11-19(20)24(28)26(23)6/h9-12,14-15,21H,7-8,13H2,1-6H3. The number of benzene rings is 2. The van der Waals surface area contributed by atoms with Crippen LogP contribution < -0.4 is 5.56 Å². The molecule has 1 heterocycles. The largest absolute Gasteiger partial charge is 0.298 e. The van der Waals surface area contributed by atoms with Gasteiger partial charge in [-0.05, 0) is 56.9 Å². The molecule has 0 aliphatic rings. The minimum Gasteiger partial charge on any atom is -0.298 e. The Morgan fingerprint density at radius 3 is 2.26 bits per heavy atom. The van der Waals surface area contributed by atoms with E-state index in [4.69, 9.17) is 4.98 Å². The lowest BCUT2D eigenvalue weighted by atomic mass is 10.1. The van der Waals surface area contributed by atoms with Crippen LogP contribution in [0.1, 0.15) is 55.2 Å². The number of hydrogen-bond donors (Lipinski definition) is 0. The van der Waals surface area contributed by atoms with Gasteiger partial charge in [0.15, 0.2) is 0 Å². The summed E-state index contributed by atoms with van der Waals surface area (Å²) in [4.78, 5) is 18.0. The zero-order valence-electron chi connectivity index (χ0n) is 19.1. The first-order valence-corrected chi connectivity index (χ1v) is 12.1. The Kier molecular flexibility index (Phi) is 6.67. The molecule has 0 N–H and O–H groups in total. The molecular formula is C24H31N3O3S. The molecule has 1 aromatic heterocycles. The maximum atomic E-state index is 13.9. The van der Waals surface area contributed by atoms with Crippen molar-refractivity contribution in [3.05, 3.63) is 69.3 Å². The maximum absolute atomic E-state index is 13.9. The molecule has 166 valence electrons. The Morgan fingerprint density at radius 2 is 1.68 bits per heavy atom. The van der Waals surface area contributed by atoms with E-state index in [2.05, 4.69) is 0 Å². The molecule has 7 heteroatoms. The van der Waals surface area contributed by atoms with E-state index in [-0.39, 0.29) is 5.56 Å². The van der Waals surface area contributed by atoms with Gasteiger partial charge in [-0.25, -0.2) is 13.4 Å². The summed E-state index contributed by atoms with van der Waals surface area (Å²) < 4.78 is 30.9. The zero-order chi connectivity index (χ0) is 22.9. The Balaban J connectivity index is 2.24. The molecule has 0 amide bonds. The Labute approximate surface area is 184 Å². The van der Waals surface area contributed by atoms with Crippen molar-refractivity contribution in [3.63, 3.8) is 0 Å². The SMILES string of the molecule is CCCN(C(CC)c1nc2ccccc2c(=O)n1C)S(=O)(=O)c1c(C)cc(C)cc1C. The Bertz CT molecular complexity index is 1260. The van der Waals surface area contributed by atoms with Crippen LogP contribution >= 0.6 is 0 Å². The highest BCUT2D eigenvalue weighted by Crippen LogP contribution is 2.33. The normalized spacial score (nSPS) is 13.1. The van der Waals surface area contributed by atoms with Crippen molar-refractivity contribution in [1.29, 1.82) is 0 Å². The van der Waals surface area contributed by atoms with Gasteiger partial charge in [-0.1, -0.05) is 43.7 Å². The molecule has 0 aliphatic carbocycles.